The first-order valence-corrected chi connectivity index (χ1v) is 5.81. The Kier molecular flexibility index (Phi) is 3.58. The molecule has 1 N–H and O–H groups in total. The number of amides is 1. The minimum absolute atomic E-state index is 0.161. The number of anilines is 1. The Morgan fingerprint density at radius 1 is 1.39 bits per heavy atom. The number of ether oxygens (including phenoxy) is 1. The largest absolute Gasteiger partial charge is 0.372 e. The van der Waals surface area contributed by atoms with Crippen molar-refractivity contribution in [2.75, 3.05) is 12.4 Å². The van der Waals surface area contributed by atoms with Gasteiger partial charge in [0.25, 0.3) is 5.91 Å². The van der Waals surface area contributed by atoms with Crippen molar-refractivity contribution in [2.24, 2.45) is 0 Å². The van der Waals surface area contributed by atoms with E-state index in [0.29, 0.717) is 0 Å². The van der Waals surface area contributed by atoms with E-state index in [1.54, 1.807) is 13.1 Å². The Bertz CT molecular complexity index is 581. The summed E-state index contributed by atoms with van der Waals surface area (Å²) in [6.07, 6.45) is 1.27. The van der Waals surface area contributed by atoms with Gasteiger partial charge in [0.2, 0.25) is 0 Å². The third-order valence-corrected chi connectivity index (χ3v) is 2.95. The summed E-state index contributed by atoms with van der Waals surface area (Å²) in [4.78, 5) is 16.1. The van der Waals surface area contributed by atoms with E-state index in [1.165, 1.54) is 7.11 Å². The van der Waals surface area contributed by atoms with Crippen LogP contribution in [-0.2, 0) is 9.53 Å². The van der Waals surface area contributed by atoms with Crippen LogP contribution in [-0.4, -0.2) is 24.1 Å². The fraction of sp³-hybridized carbons (Fsp3) is 0.286. The molecule has 4 nitrogen and oxygen atoms in total. The Morgan fingerprint density at radius 2 is 2.17 bits per heavy atom. The molecule has 2 rings (SSSR count). The number of benzene rings is 1. The van der Waals surface area contributed by atoms with Gasteiger partial charge >= 0.3 is 0 Å². The summed E-state index contributed by atoms with van der Waals surface area (Å²) < 4.78 is 4.99. The van der Waals surface area contributed by atoms with Crippen LogP contribution >= 0.6 is 0 Å². The van der Waals surface area contributed by atoms with Crippen LogP contribution in [0.5, 0.6) is 0 Å². The smallest absolute Gasteiger partial charge is 0.253 e. The van der Waals surface area contributed by atoms with Crippen LogP contribution in [0, 0.1) is 6.92 Å². The van der Waals surface area contributed by atoms with Crippen LogP contribution in [0.4, 0.5) is 5.69 Å². The van der Waals surface area contributed by atoms with Gasteiger partial charge in [-0.15, -0.1) is 0 Å². The highest BCUT2D eigenvalue weighted by atomic mass is 16.5. The number of fused-ring (bicyclic) bond motifs is 1. The Hall–Kier alpha value is -1.94. The SMILES string of the molecule is COC(C)C(=O)Nc1ccc(C)c2ncccc12. The third kappa shape index (κ3) is 2.33. The summed E-state index contributed by atoms with van der Waals surface area (Å²) in [7, 11) is 1.51. The molecule has 1 aromatic carbocycles. The highest BCUT2D eigenvalue weighted by molar-refractivity contribution is 6.03. The molecule has 1 amide bonds. The van der Waals surface area contributed by atoms with Crippen molar-refractivity contribution < 1.29 is 9.53 Å². The molecule has 0 aliphatic carbocycles. The number of hydrogen-bond donors (Lipinski definition) is 1. The molecule has 1 aromatic heterocycles. The summed E-state index contributed by atoms with van der Waals surface area (Å²) in [6.45, 7) is 3.71. The van der Waals surface area contributed by atoms with Crippen LogP contribution in [0.25, 0.3) is 10.9 Å². The first kappa shape index (κ1) is 12.5. The number of carbonyl (C=O) groups is 1. The van der Waals surface area contributed by atoms with Gasteiger partial charge in [0.15, 0.2) is 0 Å². The maximum Gasteiger partial charge on any atom is 0.253 e. The highest BCUT2D eigenvalue weighted by Crippen LogP contribution is 2.24. The number of methoxy groups -OCH3 is 1. The van der Waals surface area contributed by atoms with Crippen LogP contribution in [0.3, 0.4) is 0 Å². The van der Waals surface area contributed by atoms with E-state index in [9.17, 15) is 4.79 Å². The van der Waals surface area contributed by atoms with Crippen molar-refractivity contribution in [1.29, 1.82) is 0 Å². The summed E-state index contributed by atoms with van der Waals surface area (Å²) in [5.41, 5.74) is 2.75. The zero-order valence-electron chi connectivity index (χ0n) is 10.7. The Balaban J connectivity index is 2.40. The van der Waals surface area contributed by atoms with Gasteiger partial charge in [-0.05, 0) is 37.6 Å². The lowest BCUT2D eigenvalue weighted by molar-refractivity contribution is -0.124. The summed E-state index contributed by atoms with van der Waals surface area (Å²) in [5, 5.41) is 3.80. The molecule has 1 unspecified atom stereocenters. The molecule has 0 radical (unpaired) electrons. The van der Waals surface area contributed by atoms with Crippen LogP contribution in [0.15, 0.2) is 30.5 Å². The van der Waals surface area contributed by atoms with Gasteiger partial charge in [0.1, 0.15) is 6.10 Å². The predicted molar refractivity (Wildman–Crippen MR) is 71.6 cm³/mol. The number of pyridine rings is 1. The van der Waals surface area contributed by atoms with E-state index in [-0.39, 0.29) is 5.91 Å². The van der Waals surface area contributed by atoms with E-state index in [4.69, 9.17) is 4.74 Å². The van der Waals surface area contributed by atoms with Gasteiger partial charge in [0.05, 0.1) is 11.2 Å². The predicted octanol–water partition coefficient (Wildman–Crippen LogP) is 2.52. The molecule has 1 atom stereocenters. The molecule has 0 fully saturated rings. The van der Waals surface area contributed by atoms with Gasteiger partial charge in [-0.1, -0.05) is 6.07 Å². The van der Waals surface area contributed by atoms with Gasteiger partial charge in [0, 0.05) is 18.7 Å². The molecular formula is C14H16N2O2. The standard InChI is InChI=1S/C14H16N2O2/c1-9-6-7-12(16-14(17)10(2)18-3)11-5-4-8-15-13(9)11/h4-8,10H,1-3H3,(H,16,17). The van der Waals surface area contributed by atoms with Crippen molar-refractivity contribution in [3.8, 4) is 0 Å². The first-order valence-electron chi connectivity index (χ1n) is 5.81. The third-order valence-electron chi connectivity index (χ3n) is 2.95. The molecule has 0 saturated carbocycles. The molecule has 0 aliphatic rings. The van der Waals surface area contributed by atoms with E-state index in [0.717, 1.165) is 22.2 Å². The average molecular weight is 244 g/mol. The number of rotatable bonds is 3. The molecule has 0 bridgehead atoms. The highest BCUT2D eigenvalue weighted by Gasteiger charge is 2.13. The molecule has 2 aromatic rings. The van der Waals surface area contributed by atoms with Gasteiger partial charge in [-0.25, -0.2) is 0 Å². The number of nitrogens with zero attached hydrogens (tertiary/aromatic N) is 1. The molecule has 18 heavy (non-hydrogen) atoms. The van der Waals surface area contributed by atoms with Gasteiger partial charge in [-0.2, -0.15) is 0 Å². The summed E-state index contributed by atoms with van der Waals surface area (Å²) in [6, 6.07) is 7.64. The summed E-state index contributed by atoms with van der Waals surface area (Å²) in [5.74, 6) is -0.161. The van der Waals surface area contributed by atoms with Crippen molar-refractivity contribution in [1.82, 2.24) is 4.98 Å². The fourth-order valence-corrected chi connectivity index (χ4v) is 1.76. The van der Waals surface area contributed by atoms with Crippen molar-refractivity contribution in [3.63, 3.8) is 0 Å². The zero-order chi connectivity index (χ0) is 13.1. The second-order valence-corrected chi connectivity index (χ2v) is 4.20. The van der Waals surface area contributed by atoms with E-state index in [2.05, 4.69) is 10.3 Å². The fourth-order valence-electron chi connectivity index (χ4n) is 1.76. The maximum atomic E-state index is 11.8. The van der Waals surface area contributed by atoms with Crippen LogP contribution < -0.4 is 5.32 Å². The molecule has 0 aliphatic heterocycles. The molecule has 1 heterocycles. The van der Waals surface area contributed by atoms with E-state index < -0.39 is 6.10 Å². The van der Waals surface area contributed by atoms with Gasteiger partial charge in [-0.3, -0.25) is 9.78 Å². The van der Waals surface area contributed by atoms with Crippen molar-refractivity contribution >= 4 is 22.5 Å². The Morgan fingerprint density at radius 3 is 2.89 bits per heavy atom. The topological polar surface area (TPSA) is 51.2 Å². The second-order valence-electron chi connectivity index (χ2n) is 4.20. The van der Waals surface area contributed by atoms with E-state index in [1.807, 2.05) is 31.2 Å². The lowest BCUT2D eigenvalue weighted by Crippen LogP contribution is -2.26. The zero-order valence-corrected chi connectivity index (χ0v) is 10.7. The number of carbonyl (C=O) groups excluding carboxylic acids is 1. The van der Waals surface area contributed by atoms with Crippen LogP contribution in [0.1, 0.15) is 12.5 Å². The molecule has 4 heteroatoms. The Labute approximate surface area is 106 Å². The lowest BCUT2D eigenvalue weighted by Gasteiger charge is -2.13. The number of aryl methyl sites for hydroxylation is 1. The first-order chi connectivity index (χ1) is 8.63. The number of aromatic nitrogens is 1. The van der Waals surface area contributed by atoms with Crippen molar-refractivity contribution in [3.05, 3.63) is 36.0 Å². The molecule has 0 saturated heterocycles. The molecule has 0 spiro atoms. The second kappa shape index (κ2) is 5.14. The lowest BCUT2D eigenvalue weighted by atomic mass is 10.1. The average Bonchev–Trinajstić information content (AvgIpc) is 2.41. The van der Waals surface area contributed by atoms with Crippen LogP contribution in [0.2, 0.25) is 0 Å². The number of nitrogens with one attached hydrogen (secondary N) is 1. The van der Waals surface area contributed by atoms with E-state index >= 15 is 0 Å². The van der Waals surface area contributed by atoms with Gasteiger partial charge < -0.3 is 10.1 Å². The monoisotopic (exact) mass is 244 g/mol. The minimum Gasteiger partial charge on any atom is -0.372 e. The number of hydrogen-bond acceptors (Lipinski definition) is 3. The maximum absolute atomic E-state index is 11.8. The molecule has 94 valence electrons. The minimum atomic E-state index is -0.474. The molecular weight excluding hydrogens is 228 g/mol. The van der Waals surface area contributed by atoms with Crippen molar-refractivity contribution in [2.45, 2.75) is 20.0 Å². The normalized spacial score (nSPS) is 12.4. The summed E-state index contributed by atoms with van der Waals surface area (Å²) >= 11 is 0. The quantitative estimate of drug-likeness (QED) is 0.902.